The van der Waals surface area contributed by atoms with Crippen LogP contribution in [0, 0.1) is 11.8 Å². The van der Waals surface area contributed by atoms with Crippen molar-refractivity contribution in [2.24, 2.45) is 11.8 Å². The zero-order chi connectivity index (χ0) is 10.7. The van der Waals surface area contributed by atoms with Gasteiger partial charge in [-0.25, -0.2) is 0 Å². The van der Waals surface area contributed by atoms with E-state index in [-0.39, 0.29) is 12.0 Å². The van der Waals surface area contributed by atoms with E-state index >= 15 is 0 Å². The molecule has 1 rings (SSSR count). The molecule has 14 heavy (non-hydrogen) atoms. The number of rotatable bonds is 4. The Labute approximate surface area is 83.9 Å². The lowest BCUT2D eigenvalue weighted by Crippen LogP contribution is -2.40. The second kappa shape index (κ2) is 4.75. The molecule has 1 aliphatic rings. The summed E-state index contributed by atoms with van der Waals surface area (Å²) in [4.78, 5) is 10.9. The standard InChI is InChI=1S/C10H18O4/c1-6(2)8(10(12)13)9(11)7-4-3-5-14-7/h6-9,11H,3-5H2,1-2H3,(H,12,13). The zero-order valence-electron chi connectivity index (χ0n) is 8.64. The molecule has 0 spiro atoms. The predicted octanol–water partition coefficient (Wildman–Crippen LogP) is 0.883. The van der Waals surface area contributed by atoms with E-state index in [0.29, 0.717) is 6.61 Å². The van der Waals surface area contributed by atoms with E-state index < -0.39 is 18.0 Å². The Bertz CT molecular complexity index is 196. The number of hydrogen-bond donors (Lipinski definition) is 2. The van der Waals surface area contributed by atoms with Crippen molar-refractivity contribution in [2.45, 2.75) is 38.9 Å². The van der Waals surface area contributed by atoms with E-state index in [1.165, 1.54) is 0 Å². The van der Waals surface area contributed by atoms with E-state index in [2.05, 4.69) is 0 Å². The summed E-state index contributed by atoms with van der Waals surface area (Å²) >= 11 is 0. The molecular weight excluding hydrogens is 184 g/mol. The number of aliphatic hydroxyl groups is 1. The highest BCUT2D eigenvalue weighted by Gasteiger charge is 2.36. The predicted molar refractivity (Wildman–Crippen MR) is 50.9 cm³/mol. The van der Waals surface area contributed by atoms with Crippen molar-refractivity contribution in [3.8, 4) is 0 Å². The molecule has 0 aliphatic carbocycles. The van der Waals surface area contributed by atoms with Gasteiger partial charge in [0, 0.05) is 6.61 Å². The van der Waals surface area contributed by atoms with Gasteiger partial charge in [-0.05, 0) is 18.8 Å². The van der Waals surface area contributed by atoms with Crippen LogP contribution in [0.25, 0.3) is 0 Å². The summed E-state index contributed by atoms with van der Waals surface area (Å²) in [6.07, 6.45) is 0.498. The van der Waals surface area contributed by atoms with Crippen molar-refractivity contribution in [2.75, 3.05) is 6.61 Å². The second-order valence-electron chi connectivity index (χ2n) is 4.15. The van der Waals surface area contributed by atoms with Gasteiger partial charge in [0.05, 0.1) is 18.1 Å². The lowest BCUT2D eigenvalue weighted by atomic mass is 9.87. The van der Waals surface area contributed by atoms with Crippen molar-refractivity contribution in [1.29, 1.82) is 0 Å². The molecule has 2 N–H and O–H groups in total. The fraction of sp³-hybridized carbons (Fsp3) is 0.900. The van der Waals surface area contributed by atoms with E-state index in [1.54, 1.807) is 13.8 Å². The molecule has 1 heterocycles. The van der Waals surface area contributed by atoms with Crippen LogP contribution in [-0.2, 0) is 9.53 Å². The third-order valence-electron chi connectivity index (χ3n) is 2.72. The summed E-state index contributed by atoms with van der Waals surface area (Å²) < 4.78 is 5.28. The summed E-state index contributed by atoms with van der Waals surface area (Å²) in [5.74, 6) is -1.74. The largest absolute Gasteiger partial charge is 0.481 e. The number of aliphatic carboxylic acids is 1. The van der Waals surface area contributed by atoms with Crippen LogP contribution in [0.5, 0.6) is 0 Å². The minimum absolute atomic E-state index is 0.0771. The average Bonchev–Trinajstić information content (AvgIpc) is 2.53. The molecule has 3 atom stereocenters. The molecule has 0 bridgehead atoms. The van der Waals surface area contributed by atoms with Crippen molar-refractivity contribution < 1.29 is 19.7 Å². The van der Waals surface area contributed by atoms with Gasteiger partial charge in [0.25, 0.3) is 0 Å². The highest BCUT2D eigenvalue weighted by molar-refractivity contribution is 5.71. The third kappa shape index (κ3) is 2.45. The Morgan fingerprint density at radius 2 is 2.14 bits per heavy atom. The highest BCUT2D eigenvalue weighted by Crippen LogP contribution is 2.25. The van der Waals surface area contributed by atoms with Gasteiger partial charge in [0.1, 0.15) is 0 Å². The van der Waals surface area contributed by atoms with Crippen LogP contribution in [0.4, 0.5) is 0 Å². The number of ether oxygens (including phenoxy) is 1. The van der Waals surface area contributed by atoms with Gasteiger partial charge in [0.2, 0.25) is 0 Å². The van der Waals surface area contributed by atoms with Crippen LogP contribution < -0.4 is 0 Å². The first kappa shape index (κ1) is 11.5. The molecule has 0 aromatic rings. The van der Waals surface area contributed by atoms with E-state index in [1.807, 2.05) is 0 Å². The van der Waals surface area contributed by atoms with Crippen LogP contribution >= 0.6 is 0 Å². The zero-order valence-corrected chi connectivity index (χ0v) is 8.64. The molecule has 4 heteroatoms. The molecule has 0 aromatic carbocycles. The van der Waals surface area contributed by atoms with Gasteiger partial charge in [-0.3, -0.25) is 4.79 Å². The first-order valence-corrected chi connectivity index (χ1v) is 5.06. The fourth-order valence-electron chi connectivity index (χ4n) is 1.93. The van der Waals surface area contributed by atoms with Crippen LogP contribution in [0.3, 0.4) is 0 Å². The van der Waals surface area contributed by atoms with Gasteiger partial charge in [-0.2, -0.15) is 0 Å². The highest BCUT2D eigenvalue weighted by atomic mass is 16.5. The minimum atomic E-state index is -0.942. The molecule has 0 amide bonds. The summed E-state index contributed by atoms with van der Waals surface area (Å²) in [7, 11) is 0. The number of hydrogen-bond acceptors (Lipinski definition) is 3. The quantitative estimate of drug-likeness (QED) is 0.710. The second-order valence-corrected chi connectivity index (χ2v) is 4.15. The van der Waals surface area contributed by atoms with E-state index in [4.69, 9.17) is 9.84 Å². The first-order valence-electron chi connectivity index (χ1n) is 5.06. The Morgan fingerprint density at radius 3 is 2.50 bits per heavy atom. The van der Waals surface area contributed by atoms with E-state index in [0.717, 1.165) is 12.8 Å². The lowest BCUT2D eigenvalue weighted by molar-refractivity contribution is -0.152. The van der Waals surface area contributed by atoms with Crippen molar-refractivity contribution in [3.63, 3.8) is 0 Å². The maximum absolute atomic E-state index is 10.9. The summed E-state index contributed by atoms with van der Waals surface area (Å²) in [5, 5.41) is 18.8. The lowest BCUT2D eigenvalue weighted by Gasteiger charge is -2.26. The maximum atomic E-state index is 10.9. The molecule has 1 aliphatic heterocycles. The van der Waals surface area contributed by atoms with Gasteiger partial charge >= 0.3 is 5.97 Å². The van der Waals surface area contributed by atoms with Crippen LogP contribution in [-0.4, -0.2) is 35.0 Å². The van der Waals surface area contributed by atoms with Crippen molar-refractivity contribution >= 4 is 5.97 Å². The molecular formula is C10H18O4. The molecule has 4 nitrogen and oxygen atoms in total. The molecule has 0 radical (unpaired) electrons. The number of carboxylic acids is 1. The fourth-order valence-corrected chi connectivity index (χ4v) is 1.93. The average molecular weight is 202 g/mol. The molecule has 1 fully saturated rings. The number of carboxylic acid groups (broad SMARTS) is 1. The number of carbonyl (C=O) groups is 1. The van der Waals surface area contributed by atoms with Gasteiger partial charge < -0.3 is 14.9 Å². The smallest absolute Gasteiger partial charge is 0.309 e. The van der Waals surface area contributed by atoms with Crippen molar-refractivity contribution in [3.05, 3.63) is 0 Å². The normalized spacial score (nSPS) is 26.4. The van der Waals surface area contributed by atoms with Crippen molar-refractivity contribution in [1.82, 2.24) is 0 Å². The van der Waals surface area contributed by atoms with Crippen LogP contribution in [0.2, 0.25) is 0 Å². The topological polar surface area (TPSA) is 66.8 Å². The Kier molecular flexibility index (Phi) is 3.89. The van der Waals surface area contributed by atoms with Gasteiger partial charge in [-0.15, -0.1) is 0 Å². The van der Waals surface area contributed by atoms with Gasteiger partial charge in [-0.1, -0.05) is 13.8 Å². The summed E-state index contributed by atoms with van der Waals surface area (Å²) in [6, 6.07) is 0. The first-order chi connectivity index (χ1) is 6.54. The van der Waals surface area contributed by atoms with Crippen LogP contribution in [0.15, 0.2) is 0 Å². The third-order valence-corrected chi connectivity index (χ3v) is 2.72. The minimum Gasteiger partial charge on any atom is -0.481 e. The molecule has 82 valence electrons. The van der Waals surface area contributed by atoms with E-state index in [9.17, 15) is 9.90 Å². The molecule has 0 saturated carbocycles. The van der Waals surface area contributed by atoms with Gasteiger partial charge in [0.15, 0.2) is 0 Å². The Balaban J connectivity index is 2.62. The van der Waals surface area contributed by atoms with Crippen LogP contribution in [0.1, 0.15) is 26.7 Å². The number of aliphatic hydroxyl groups excluding tert-OH is 1. The maximum Gasteiger partial charge on any atom is 0.309 e. The summed E-state index contributed by atoms with van der Waals surface area (Å²) in [6.45, 7) is 4.24. The SMILES string of the molecule is CC(C)C(C(=O)O)C(O)C1CCCO1. The molecule has 3 unspecified atom stereocenters. The Hall–Kier alpha value is -0.610. The monoisotopic (exact) mass is 202 g/mol. The Morgan fingerprint density at radius 1 is 1.50 bits per heavy atom. The summed E-state index contributed by atoms with van der Waals surface area (Å²) in [5.41, 5.74) is 0. The molecule has 1 saturated heterocycles. The molecule has 0 aromatic heterocycles.